The van der Waals surface area contributed by atoms with Crippen molar-refractivity contribution in [1.29, 1.82) is 0 Å². The smallest absolute Gasteiger partial charge is 0.154 e. The Morgan fingerprint density at radius 1 is 1.04 bits per heavy atom. The molecule has 0 unspecified atom stereocenters. The van der Waals surface area contributed by atoms with Gasteiger partial charge in [-0.15, -0.1) is 0 Å². The Morgan fingerprint density at radius 2 is 1.96 bits per heavy atom. The van der Waals surface area contributed by atoms with Crippen LogP contribution in [0.25, 0.3) is 23.1 Å². The molecule has 0 aliphatic heterocycles. The van der Waals surface area contributed by atoms with Gasteiger partial charge in [0.1, 0.15) is 5.82 Å². The second-order valence-electron chi connectivity index (χ2n) is 5.33. The first kappa shape index (κ1) is 17.0. The fourth-order valence-corrected chi connectivity index (χ4v) is 2.36. The molecule has 0 spiro atoms. The zero-order valence-electron chi connectivity index (χ0n) is 13.8. The van der Waals surface area contributed by atoms with Crippen LogP contribution in [0.5, 0.6) is 0 Å². The second-order valence-corrected chi connectivity index (χ2v) is 5.33. The third kappa shape index (κ3) is 4.82. The molecule has 0 aliphatic carbocycles. The van der Waals surface area contributed by atoms with Gasteiger partial charge in [-0.2, -0.15) is 0 Å². The minimum absolute atomic E-state index is 0.0275. The van der Waals surface area contributed by atoms with Crippen LogP contribution in [-0.4, -0.2) is 46.4 Å². The zero-order chi connectivity index (χ0) is 17.3. The molecule has 1 aromatic carbocycles. The standard InChI is InChI=1S/C19H20N4O2/c24-11-13-25-12-10-21-19-16-5-1-2-6-17(16)22-18(23-19)8-7-15-4-3-9-20-14-15/h1-9,14,24H,10-13H2,(H,21,22,23). The Morgan fingerprint density at radius 3 is 2.80 bits per heavy atom. The van der Waals surface area contributed by atoms with Crippen LogP contribution in [0.4, 0.5) is 5.82 Å². The SMILES string of the molecule is OCCOCCNc1nc(C=Cc2cccnc2)nc2ccccc12. The molecule has 3 rings (SSSR count). The number of fused-ring (bicyclic) bond motifs is 1. The highest BCUT2D eigenvalue weighted by Gasteiger charge is 2.05. The summed E-state index contributed by atoms with van der Waals surface area (Å²) < 4.78 is 5.28. The number of nitrogens with zero attached hydrogens (tertiary/aromatic N) is 3. The maximum atomic E-state index is 8.74. The fraction of sp³-hybridized carbons (Fsp3) is 0.211. The van der Waals surface area contributed by atoms with Crippen LogP contribution in [0.1, 0.15) is 11.4 Å². The molecular formula is C19H20N4O2. The van der Waals surface area contributed by atoms with Gasteiger partial charge in [0.25, 0.3) is 0 Å². The summed E-state index contributed by atoms with van der Waals surface area (Å²) in [6, 6.07) is 11.7. The lowest BCUT2D eigenvalue weighted by Gasteiger charge is -2.10. The molecule has 25 heavy (non-hydrogen) atoms. The minimum atomic E-state index is 0.0275. The van der Waals surface area contributed by atoms with Crippen LogP contribution >= 0.6 is 0 Å². The Labute approximate surface area is 146 Å². The summed E-state index contributed by atoms with van der Waals surface area (Å²) in [6.45, 7) is 1.47. The Hall–Kier alpha value is -2.83. The molecule has 0 bridgehead atoms. The Kier molecular flexibility index (Phi) is 6.03. The van der Waals surface area contributed by atoms with Gasteiger partial charge < -0.3 is 15.2 Å². The van der Waals surface area contributed by atoms with E-state index >= 15 is 0 Å². The second kappa shape index (κ2) is 8.86. The molecule has 3 aromatic rings. The molecule has 0 saturated carbocycles. The van der Waals surface area contributed by atoms with E-state index in [0.29, 0.717) is 25.6 Å². The summed E-state index contributed by atoms with van der Waals surface area (Å²) in [7, 11) is 0. The van der Waals surface area contributed by atoms with Gasteiger partial charge in [-0.05, 0) is 35.9 Å². The molecule has 6 nitrogen and oxygen atoms in total. The largest absolute Gasteiger partial charge is 0.394 e. The Bertz CT molecular complexity index is 837. The number of aliphatic hydroxyl groups excluding tert-OH is 1. The first-order valence-corrected chi connectivity index (χ1v) is 8.14. The minimum Gasteiger partial charge on any atom is -0.394 e. The predicted octanol–water partition coefficient (Wildman–Crippen LogP) is 2.62. The average molecular weight is 336 g/mol. The molecule has 0 radical (unpaired) electrons. The lowest BCUT2D eigenvalue weighted by Crippen LogP contribution is -2.13. The summed E-state index contributed by atoms with van der Waals surface area (Å²) >= 11 is 0. The number of rotatable bonds is 8. The number of nitrogens with one attached hydrogen (secondary N) is 1. The predicted molar refractivity (Wildman–Crippen MR) is 99.1 cm³/mol. The average Bonchev–Trinajstić information content (AvgIpc) is 2.67. The molecular weight excluding hydrogens is 316 g/mol. The third-order valence-electron chi connectivity index (χ3n) is 3.50. The van der Waals surface area contributed by atoms with E-state index in [4.69, 9.17) is 9.84 Å². The lowest BCUT2D eigenvalue weighted by atomic mass is 10.2. The van der Waals surface area contributed by atoms with Crippen molar-refractivity contribution in [2.45, 2.75) is 0 Å². The molecule has 2 N–H and O–H groups in total. The number of anilines is 1. The summed E-state index contributed by atoms with van der Waals surface area (Å²) in [6.07, 6.45) is 7.34. The van der Waals surface area contributed by atoms with Gasteiger partial charge in [-0.3, -0.25) is 4.98 Å². The van der Waals surface area contributed by atoms with Crippen molar-refractivity contribution in [3.63, 3.8) is 0 Å². The maximum absolute atomic E-state index is 8.74. The van der Waals surface area contributed by atoms with Gasteiger partial charge in [0.15, 0.2) is 5.82 Å². The summed E-state index contributed by atoms with van der Waals surface area (Å²) in [5.74, 6) is 1.39. The van der Waals surface area contributed by atoms with Gasteiger partial charge in [-0.1, -0.05) is 18.2 Å². The highest BCUT2D eigenvalue weighted by molar-refractivity contribution is 5.90. The van der Waals surface area contributed by atoms with Crippen LogP contribution in [0.15, 0.2) is 48.8 Å². The van der Waals surface area contributed by atoms with Gasteiger partial charge in [0.2, 0.25) is 0 Å². The van der Waals surface area contributed by atoms with E-state index in [1.54, 1.807) is 12.4 Å². The van der Waals surface area contributed by atoms with Crippen molar-refractivity contribution < 1.29 is 9.84 Å². The van der Waals surface area contributed by atoms with Crippen LogP contribution in [-0.2, 0) is 4.74 Å². The van der Waals surface area contributed by atoms with Crippen molar-refractivity contribution in [3.8, 4) is 0 Å². The number of hydrogen-bond acceptors (Lipinski definition) is 6. The van der Waals surface area contributed by atoms with Crippen molar-refractivity contribution in [2.24, 2.45) is 0 Å². The van der Waals surface area contributed by atoms with E-state index in [1.165, 1.54) is 0 Å². The van der Waals surface area contributed by atoms with Crippen LogP contribution in [0.2, 0.25) is 0 Å². The van der Waals surface area contributed by atoms with Crippen molar-refractivity contribution in [1.82, 2.24) is 15.0 Å². The van der Waals surface area contributed by atoms with E-state index in [2.05, 4.69) is 20.3 Å². The summed E-state index contributed by atoms with van der Waals surface area (Å²) in [5.41, 5.74) is 1.87. The van der Waals surface area contributed by atoms with E-state index < -0.39 is 0 Å². The molecule has 128 valence electrons. The molecule has 0 fully saturated rings. The molecule has 0 saturated heterocycles. The molecule has 0 aliphatic rings. The van der Waals surface area contributed by atoms with Crippen LogP contribution < -0.4 is 5.32 Å². The summed E-state index contributed by atoms with van der Waals surface area (Å²) in [4.78, 5) is 13.3. The highest BCUT2D eigenvalue weighted by atomic mass is 16.5. The van der Waals surface area contributed by atoms with Crippen LogP contribution in [0, 0.1) is 0 Å². The van der Waals surface area contributed by atoms with Crippen molar-refractivity contribution in [2.75, 3.05) is 31.7 Å². The normalized spacial score (nSPS) is 11.2. The van der Waals surface area contributed by atoms with E-state index in [0.717, 1.165) is 22.3 Å². The van der Waals surface area contributed by atoms with Gasteiger partial charge in [0, 0.05) is 24.3 Å². The van der Waals surface area contributed by atoms with E-state index in [1.807, 2.05) is 48.6 Å². The van der Waals surface area contributed by atoms with Gasteiger partial charge in [0.05, 0.1) is 25.3 Å². The van der Waals surface area contributed by atoms with Crippen LogP contribution in [0.3, 0.4) is 0 Å². The third-order valence-corrected chi connectivity index (χ3v) is 3.50. The van der Waals surface area contributed by atoms with Crippen molar-refractivity contribution >= 4 is 28.9 Å². The first-order chi connectivity index (χ1) is 12.4. The number of pyridine rings is 1. The fourth-order valence-electron chi connectivity index (χ4n) is 2.36. The number of ether oxygens (including phenoxy) is 1. The number of aromatic nitrogens is 3. The molecule has 2 heterocycles. The van der Waals surface area contributed by atoms with E-state index in [9.17, 15) is 0 Å². The number of aliphatic hydroxyl groups is 1. The Balaban J connectivity index is 1.80. The molecule has 0 amide bonds. The first-order valence-electron chi connectivity index (χ1n) is 8.14. The number of hydrogen-bond donors (Lipinski definition) is 2. The maximum Gasteiger partial charge on any atom is 0.154 e. The molecule has 2 aromatic heterocycles. The van der Waals surface area contributed by atoms with Crippen molar-refractivity contribution in [3.05, 3.63) is 60.2 Å². The van der Waals surface area contributed by atoms with Gasteiger partial charge in [-0.25, -0.2) is 9.97 Å². The summed E-state index contributed by atoms with van der Waals surface area (Å²) in [5, 5.41) is 13.0. The topological polar surface area (TPSA) is 80.2 Å². The van der Waals surface area contributed by atoms with Gasteiger partial charge >= 0.3 is 0 Å². The molecule has 0 atom stereocenters. The molecule has 6 heteroatoms. The lowest BCUT2D eigenvalue weighted by molar-refractivity contribution is 0.0992. The number of para-hydroxylation sites is 1. The quantitative estimate of drug-likeness (QED) is 0.616. The highest BCUT2D eigenvalue weighted by Crippen LogP contribution is 2.20. The number of benzene rings is 1. The monoisotopic (exact) mass is 336 g/mol. The van der Waals surface area contributed by atoms with E-state index in [-0.39, 0.29) is 6.61 Å². The zero-order valence-corrected chi connectivity index (χ0v) is 13.8.